The summed E-state index contributed by atoms with van der Waals surface area (Å²) in [6.07, 6.45) is -1.53. The molecule has 2 N–H and O–H groups in total. The monoisotopic (exact) mass is 606 g/mol. The van der Waals surface area contributed by atoms with E-state index in [0.29, 0.717) is 31.7 Å². The van der Waals surface area contributed by atoms with Gasteiger partial charge < -0.3 is 29.5 Å². The van der Waals surface area contributed by atoms with Crippen LogP contribution in [0.3, 0.4) is 0 Å². The number of carbonyl (C=O) groups excluding carboxylic acids is 2. The molecule has 4 rings (SSSR count). The lowest BCUT2D eigenvalue weighted by atomic mass is 9.71. The minimum Gasteiger partial charge on any atom is -0.494 e. The molecule has 2 saturated heterocycles. The van der Waals surface area contributed by atoms with Crippen LogP contribution in [0.5, 0.6) is 5.75 Å². The van der Waals surface area contributed by atoms with Crippen molar-refractivity contribution in [2.45, 2.75) is 57.7 Å². The van der Waals surface area contributed by atoms with Crippen LogP contribution in [0.1, 0.15) is 61.9 Å². The van der Waals surface area contributed by atoms with E-state index in [4.69, 9.17) is 4.74 Å². The molecular weight excluding hydrogens is 565 g/mol. The van der Waals surface area contributed by atoms with E-state index in [9.17, 15) is 32.7 Å². The van der Waals surface area contributed by atoms with Gasteiger partial charge in [0.25, 0.3) is 23.0 Å². The molecule has 0 unspecified atom stereocenters. The number of H-pyrrole nitrogens is 1. The minimum absolute atomic E-state index is 0.000886. The third kappa shape index (κ3) is 6.84. The highest BCUT2D eigenvalue weighted by Gasteiger charge is 2.62. The largest absolute Gasteiger partial charge is 0.494 e. The number of ether oxygens (including phenoxy) is 1. The highest BCUT2D eigenvalue weighted by atomic mass is 19.4. The van der Waals surface area contributed by atoms with Crippen molar-refractivity contribution in [2.75, 3.05) is 51.8 Å². The van der Waals surface area contributed by atoms with E-state index in [1.807, 2.05) is 0 Å². The number of nitrogens with one attached hydrogen (secondary N) is 1. The maximum atomic E-state index is 14.2. The predicted molar refractivity (Wildman–Crippen MR) is 156 cm³/mol. The van der Waals surface area contributed by atoms with Crippen molar-refractivity contribution in [3.05, 3.63) is 57.9 Å². The molecule has 2 aliphatic rings. The Morgan fingerprint density at radius 1 is 1.09 bits per heavy atom. The molecule has 12 heteroatoms. The summed E-state index contributed by atoms with van der Waals surface area (Å²) in [5.41, 5.74) is -4.55. The van der Waals surface area contributed by atoms with Crippen molar-refractivity contribution in [3.63, 3.8) is 0 Å². The summed E-state index contributed by atoms with van der Waals surface area (Å²) < 4.78 is 48.0. The summed E-state index contributed by atoms with van der Waals surface area (Å²) in [4.78, 5) is 45.3. The Labute approximate surface area is 249 Å². The highest BCUT2D eigenvalue weighted by molar-refractivity contribution is 5.93. The van der Waals surface area contributed by atoms with Gasteiger partial charge in [0.1, 0.15) is 17.1 Å². The van der Waals surface area contributed by atoms with E-state index in [-0.39, 0.29) is 48.2 Å². The number of aromatic nitrogens is 1. The summed E-state index contributed by atoms with van der Waals surface area (Å²) in [6, 6.07) is 8.29. The van der Waals surface area contributed by atoms with E-state index in [2.05, 4.69) is 16.8 Å². The van der Waals surface area contributed by atoms with Crippen molar-refractivity contribution in [1.82, 2.24) is 14.8 Å². The number of rotatable bonds is 8. The van der Waals surface area contributed by atoms with Gasteiger partial charge in [-0.25, -0.2) is 0 Å². The zero-order chi connectivity index (χ0) is 31.6. The number of aromatic amines is 1. The lowest BCUT2D eigenvalue weighted by Gasteiger charge is -2.44. The number of nitrogens with zero attached hydrogens (tertiary/aromatic N) is 3. The van der Waals surface area contributed by atoms with Crippen molar-refractivity contribution in [3.8, 4) is 5.75 Å². The van der Waals surface area contributed by atoms with E-state index in [1.165, 1.54) is 17.0 Å². The molecule has 2 aliphatic heterocycles. The average Bonchev–Trinajstić information content (AvgIpc) is 2.96. The fourth-order valence-electron chi connectivity index (χ4n) is 6.20. The number of aliphatic hydroxyl groups is 1. The van der Waals surface area contributed by atoms with Crippen molar-refractivity contribution in [2.24, 2.45) is 11.3 Å². The summed E-state index contributed by atoms with van der Waals surface area (Å²) in [7, 11) is 3.18. The van der Waals surface area contributed by atoms with Gasteiger partial charge >= 0.3 is 6.18 Å². The fraction of sp³-hybridized carbons (Fsp3) is 0.581. The Morgan fingerprint density at radius 3 is 2.30 bits per heavy atom. The first kappa shape index (κ1) is 32.4. The molecule has 0 bridgehead atoms. The number of halogens is 3. The first-order valence-corrected chi connectivity index (χ1v) is 14.7. The van der Waals surface area contributed by atoms with Gasteiger partial charge in [0, 0.05) is 45.8 Å². The number of piperidine rings is 2. The third-order valence-electron chi connectivity index (χ3n) is 8.81. The van der Waals surface area contributed by atoms with Crippen LogP contribution in [0.4, 0.5) is 19.0 Å². The number of hydrogen-bond donors (Lipinski definition) is 2. The number of amides is 2. The molecule has 236 valence electrons. The van der Waals surface area contributed by atoms with Gasteiger partial charge in [0.2, 0.25) is 0 Å². The van der Waals surface area contributed by atoms with E-state index in [0.717, 1.165) is 36.3 Å². The molecule has 0 radical (unpaired) electrons. The van der Waals surface area contributed by atoms with Gasteiger partial charge in [-0.2, -0.15) is 13.2 Å². The number of hydrogen-bond acceptors (Lipinski definition) is 6. The van der Waals surface area contributed by atoms with Gasteiger partial charge in [0.05, 0.1) is 6.61 Å². The first-order valence-electron chi connectivity index (χ1n) is 14.7. The van der Waals surface area contributed by atoms with Crippen molar-refractivity contribution in [1.29, 1.82) is 0 Å². The van der Waals surface area contributed by atoms with Crippen LogP contribution in [0, 0.1) is 11.3 Å². The number of likely N-dealkylation sites (tertiary alicyclic amines) is 1. The van der Waals surface area contributed by atoms with E-state index >= 15 is 0 Å². The van der Waals surface area contributed by atoms with E-state index in [1.54, 1.807) is 33.2 Å². The topological polar surface area (TPSA) is 106 Å². The second-order valence-corrected chi connectivity index (χ2v) is 12.2. The molecule has 9 nitrogen and oxygen atoms in total. The van der Waals surface area contributed by atoms with Crippen LogP contribution in [0.25, 0.3) is 0 Å². The zero-order valence-electron chi connectivity index (χ0n) is 25.2. The van der Waals surface area contributed by atoms with Crippen molar-refractivity contribution < 1.29 is 32.6 Å². The quantitative estimate of drug-likeness (QED) is 0.468. The smallest absolute Gasteiger partial charge is 0.430 e. The number of anilines is 1. The highest BCUT2D eigenvalue weighted by Crippen LogP contribution is 2.44. The standard InChI is InChI=1S/C31H41F3N4O5/c1-5-43-23-8-6-7-22(19-23)30(42,31(32,33)34)28(41)38-15-11-21(12-16-38)20-29(2)13-17-37(18-14-29)25-10-9-24(26(39)35-25)27(40)36(3)4/h6-10,19,21,42H,5,11-18,20H2,1-4H3,(H,35,39)/t30-/m1/s1. The van der Waals surface area contributed by atoms with Crippen molar-refractivity contribution >= 4 is 17.6 Å². The van der Waals surface area contributed by atoms with Gasteiger partial charge in [-0.1, -0.05) is 19.1 Å². The fourth-order valence-corrected chi connectivity index (χ4v) is 6.20. The van der Waals surface area contributed by atoms with Crippen LogP contribution in [-0.2, 0) is 10.4 Å². The normalized spacial score (nSPS) is 19.1. The van der Waals surface area contributed by atoms with Crippen LogP contribution in [-0.4, -0.2) is 84.8 Å². The maximum Gasteiger partial charge on any atom is 0.430 e. The molecule has 1 atom stereocenters. The van der Waals surface area contributed by atoms with Gasteiger partial charge in [-0.15, -0.1) is 0 Å². The zero-order valence-corrected chi connectivity index (χ0v) is 25.2. The molecule has 0 saturated carbocycles. The van der Waals surface area contributed by atoms with Crippen LogP contribution >= 0.6 is 0 Å². The van der Waals surface area contributed by atoms with Crippen LogP contribution in [0.15, 0.2) is 41.2 Å². The molecule has 1 aromatic heterocycles. The first-order chi connectivity index (χ1) is 20.2. The molecule has 2 aromatic rings. The van der Waals surface area contributed by atoms with Crippen LogP contribution < -0.4 is 15.2 Å². The lowest BCUT2D eigenvalue weighted by Crippen LogP contribution is -2.57. The Bertz CT molecular complexity index is 1360. The molecule has 43 heavy (non-hydrogen) atoms. The minimum atomic E-state index is -5.21. The maximum absolute atomic E-state index is 14.2. The molecular formula is C31H41F3N4O5. The summed E-state index contributed by atoms with van der Waals surface area (Å²) >= 11 is 0. The molecule has 2 amide bonds. The third-order valence-corrected chi connectivity index (χ3v) is 8.81. The molecule has 1 aromatic carbocycles. The molecule has 2 fully saturated rings. The summed E-state index contributed by atoms with van der Waals surface area (Å²) in [5.74, 6) is -0.670. The molecule has 0 aliphatic carbocycles. The number of carbonyl (C=O) groups is 2. The second kappa shape index (κ2) is 12.6. The Morgan fingerprint density at radius 2 is 1.74 bits per heavy atom. The number of pyridine rings is 1. The summed E-state index contributed by atoms with van der Waals surface area (Å²) in [5, 5.41) is 10.9. The number of benzene rings is 1. The average molecular weight is 607 g/mol. The predicted octanol–water partition coefficient (Wildman–Crippen LogP) is 4.16. The van der Waals surface area contributed by atoms with E-state index < -0.39 is 28.8 Å². The molecule has 0 spiro atoms. The SMILES string of the molecule is CCOc1cccc([C@@](O)(C(=O)N2CCC(CC3(C)CCN(c4ccc(C(=O)N(C)C)c(=O)[nH]4)CC3)CC2)C(F)(F)F)c1. The van der Waals surface area contributed by atoms with Gasteiger partial charge in [-0.3, -0.25) is 14.4 Å². The molecule has 3 heterocycles. The Hall–Kier alpha value is -3.54. The van der Waals surface area contributed by atoms with Gasteiger partial charge in [0.15, 0.2) is 0 Å². The summed E-state index contributed by atoms with van der Waals surface area (Å²) in [6.45, 7) is 5.83. The number of alkyl halides is 3. The van der Waals surface area contributed by atoms with Crippen LogP contribution in [0.2, 0.25) is 0 Å². The lowest BCUT2D eigenvalue weighted by molar-refractivity contribution is -0.262. The Kier molecular flexibility index (Phi) is 9.48. The van der Waals surface area contributed by atoms with Gasteiger partial charge in [-0.05, 0) is 74.6 Å². The Balaban J connectivity index is 1.35. The second-order valence-electron chi connectivity index (χ2n) is 12.2.